The zero-order valence-electron chi connectivity index (χ0n) is 9.06. The van der Waals surface area contributed by atoms with Crippen LogP contribution in [0.1, 0.15) is 20.8 Å². The molecule has 0 fully saturated rings. The van der Waals surface area contributed by atoms with Gasteiger partial charge in [-0.1, -0.05) is 0 Å². The van der Waals surface area contributed by atoms with Crippen LogP contribution in [0.5, 0.6) is 0 Å². The van der Waals surface area contributed by atoms with Crippen molar-refractivity contribution in [1.29, 1.82) is 0 Å². The van der Waals surface area contributed by atoms with E-state index in [0.717, 1.165) is 0 Å². The predicted molar refractivity (Wildman–Crippen MR) is 53.1 cm³/mol. The first kappa shape index (κ1) is 16.2. The van der Waals surface area contributed by atoms with Crippen LogP contribution < -0.4 is 11.5 Å². The minimum atomic E-state index is -1.45. The van der Waals surface area contributed by atoms with Crippen LogP contribution in [0.15, 0.2) is 0 Å². The summed E-state index contributed by atoms with van der Waals surface area (Å²) in [5, 5.41) is 17.0. The molecule has 2 unspecified atom stereocenters. The Bertz CT molecular complexity index is 114. The monoisotopic (exact) mass is 210 g/mol. The third-order valence-corrected chi connectivity index (χ3v) is 0.913. The highest BCUT2D eigenvalue weighted by Crippen LogP contribution is 1.91. The van der Waals surface area contributed by atoms with Gasteiger partial charge in [0, 0.05) is 20.1 Å². The molecule has 6 nitrogen and oxygen atoms in total. The second-order valence-corrected chi connectivity index (χ2v) is 2.75. The summed E-state index contributed by atoms with van der Waals surface area (Å²) >= 11 is 0. The molecule has 0 aliphatic heterocycles. The van der Waals surface area contributed by atoms with Gasteiger partial charge in [0.15, 0.2) is 6.29 Å². The normalized spacial score (nSPS) is 16.5. The summed E-state index contributed by atoms with van der Waals surface area (Å²) in [7, 11) is 0. The zero-order valence-corrected chi connectivity index (χ0v) is 9.06. The number of aliphatic hydroxyl groups excluding tert-OH is 1. The van der Waals surface area contributed by atoms with Gasteiger partial charge in [-0.05, 0) is 13.8 Å². The molecule has 0 aromatic rings. The molecule has 88 valence electrons. The summed E-state index contributed by atoms with van der Waals surface area (Å²) in [6.45, 7) is 6.03. The van der Waals surface area contributed by atoms with Crippen LogP contribution in [0.3, 0.4) is 0 Å². The van der Waals surface area contributed by atoms with E-state index < -0.39 is 12.2 Å². The lowest BCUT2D eigenvalue weighted by molar-refractivity contribution is -0.181. The van der Waals surface area contributed by atoms with Crippen molar-refractivity contribution in [1.82, 2.24) is 0 Å². The highest BCUT2D eigenvalue weighted by molar-refractivity contribution is 4.41. The third kappa shape index (κ3) is 22.6. The lowest BCUT2D eigenvalue weighted by Crippen LogP contribution is -2.38. The van der Waals surface area contributed by atoms with Gasteiger partial charge in [-0.3, -0.25) is 5.73 Å². The van der Waals surface area contributed by atoms with Crippen molar-refractivity contribution in [2.75, 3.05) is 19.8 Å². The van der Waals surface area contributed by atoms with Crippen molar-refractivity contribution in [2.24, 2.45) is 11.5 Å². The SMILES string of the molecule is CC(O)OCCN.CCOC(C)(N)O. The Morgan fingerprint density at radius 2 is 2.00 bits per heavy atom. The molecule has 0 radical (unpaired) electrons. The Balaban J connectivity index is 0. The van der Waals surface area contributed by atoms with Gasteiger partial charge in [0.05, 0.1) is 6.61 Å². The van der Waals surface area contributed by atoms with Crippen LogP contribution in [0.25, 0.3) is 0 Å². The van der Waals surface area contributed by atoms with Crippen molar-refractivity contribution in [3.8, 4) is 0 Å². The van der Waals surface area contributed by atoms with E-state index in [4.69, 9.17) is 21.7 Å². The van der Waals surface area contributed by atoms with E-state index in [1.54, 1.807) is 13.8 Å². The van der Waals surface area contributed by atoms with E-state index >= 15 is 0 Å². The lowest BCUT2D eigenvalue weighted by atomic mass is 10.6. The maximum atomic E-state index is 8.57. The van der Waals surface area contributed by atoms with E-state index in [-0.39, 0.29) is 0 Å². The average Bonchev–Trinajstić information content (AvgIpc) is 1.99. The summed E-state index contributed by atoms with van der Waals surface area (Å²) in [6.07, 6.45) is -0.677. The number of hydrogen-bond acceptors (Lipinski definition) is 6. The first-order valence-corrected chi connectivity index (χ1v) is 4.48. The van der Waals surface area contributed by atoms with E-state index in [1.807, 2.05) is 0 Å². The van der Waals surface area contributed by atoms with Gasteiger partial charge in [-0.2, -0.15) is 0 Å². The number of hydrogen-bond donors (Lipinski definition) is 4. The molecular formula is C8H22N2O4. The van der Waals surface area contributed by atoms with Gasteiger partial charge in [0.25, 0.3) is 0 Å². The van der Waals surface area contributed by atoms with Crippen molar-refractivity contribution in [3.63, 3.8) is 0 Å². The molecule has 6 N–H and O–H groups in total. The molecule has 0 aliphatic carbocycles. The van der Waals surface area contributed by atoms with Crippen LogP contribution in [0.4, 0.5) is 0 Å². The molecule has 6 heteroatoms. The largest absolute Gasteiger partial charge is 0.368 e. The summed E-state index contributed by atoms with van der Waals surface area (Å²) < 4.78 is 9.18. The Morgan fingerprint density at radius 1 is 1.50 bits per heavy atom. The second kappa shape index (κ2) is 9.32. The van der Waals surface area contributed by atoms with Gasteiger partial charge in [-0.25, -0.2) is 0 Å². The lowest BCUT2D eigenvalue weighted by Gasteiger charge is -2.15. The molecular weight excluding hydrogens is 188 g/mol. The highest BCUT2D eigenvalue weighted by Gasteiger charge is 2.09. The fourth-order valence-corrected chi connectivity index (χ4v) is 0.531. The fraction of sp³-hybridized carbons (Fsp3) is 1.00. The van der Waals surface area contributed by atoms with Crippen molar-refractivity contribution in [3.05, 3.63) is 0 Å². The minimum Gasteiger partial charge on any atom is -0.368 e. The van der Waals surface area contributed by atoms with Crippen LogP contribution in [-0.2, 0) is 9.47 Å². The summed E-state index contributed by atoms with van der Waals surface area (Å²) in [6, 6.07) is 0. The standard InChI is InChI=1S/2C4H11NO2/c1-4(6)7-3-2-5;1-3-7-4(2,5)6/h4,6H,2-3,5H2,1H3;6H,3,5H2,1-2H3. The van der Waals surface area contributed by atoms with Gasteiger partial charge in [-0.15, -0.1) is 0 Å². The Labute approximate surface area is 84.8 Å². The van der Waals surface area contributed by atoms with Crippen molar-refractivity contribution >= 4 is 0 Å². The van der Waals surface area contributed by atoms with E-state index in [9.17, 15) is 0 Å². The molecule has 0 heterocycles. The van der Waals surface area contributed by atoms with Crippen molar-refractivity contribution in [2.45, 2.75) is 33.0 Å². The average molecular weight is 210 g/mol. The molecule has 0 saturated carbocycles. The second-order valence-electron chi connectivity index (χ2n) is 2.75. The van der Waals surface area contributed by atoms with Crippen LogP contribution in [0, 0.1) is 0 Å². The molecule has 0 rings (SSSR count). The molecule has 0 aromatic carbocycles. The number of rotatable bonds is 5. The maximum Gasteiger partial charge on any atom is 0.219 e. The summed E-state index contributed by atoms with van der Waals surface area (Å²) in [5.41, 5.74) is 10.0. The Hall–Kier alpha value is -0.240. The molecule has 2 atom stereocenters. The smallest absolute Gasteiger partial charge is 0.219 e. The first-order valence-electron chi connectivity index (χ1n) is 4.48. The predicted octanol–water partition coefficient (Wildman–Crippen LogP) is -1.05. The zero-order chi connectivity index (χ0) is 11.6. The van der Waals surface area contributed by atoms with Crippen LogP contribution >= 0.6 is 0 Å². The number of nitrogens with two attached hydrogens (primary N) is 2. The van der Waals surface area contributed by atoms with E-state index in [0.29, 0.717) is 19.8 Å². The summed E-state index contributed by atoms with van der Waals surface area (Å²) in [4.78, 5) is 0. The summed E-state index contributed by atoms with van der Waals surface area (Å²) in [5.74, 6) is -1.45. The topological polar surface area (TPSA) is 111 Å². The number of aliphatic hydroxyl groups is 2. The molecule has 0 spiro atoms. The third-order valence-electron chi connectivity index (χ3n) is 0.913. The van der Waals surface area contributed by atoms with Gasteiger partial charge >= 0.3 is 0 Å². The fourth-order valence-electron chi connectivity index (χ4n) is 0.531. The minimum absolute atomic E-state index is 0.428. The molecule has 0 amide bonds. The quantitative estimate of drug-likeness (QED) is 0.431. The molecule has 0 aliphatic rings. The molecule has 0 saturated heterocycles. The van der Waals surface area contributed by atoms with Crippen LogP contribution in [0.2, 0.25) is 0 Å². The van der Waals surface area contributed by atoms with Gasteiger partial charge < -0.3 is 25.4 Å². The van der Waals surface area contributed by atoms with Crippen LogP contribution in [-0.4, -0.2) is 42.2 Å². The highest BCUT2D eigenvalue weighted by atomic mass is 16.6. The number of ether oxygens (including phenoxy) is 2. The van der Waals surface area contributed by atoms with Crippen molar-refractivity contribution < 1.29 is 19.7 Å². The van der Waals surface area contributed by atoms with Gasteiger partial charge in [0.1, 0.15) is 0 Å². The maximum absolute atomic E-state index is 8.57. The molecule has 0 aromatic heterocycles. The van der Waals surface area contributed by atoms with Gasteiger partial charge in [0.2, 0.25) is 5.91 Å². The van der Waals surface area contributed by atoms with E-state index in [1.165, 1.54) is 6.92 Å². The Morgan fingerprint density at radius 3 is 2.07 bits per heavy atom. The first-order chi connectivity index (χ1) is 6.33. The van der Waals surface area contributed by atoms with E-state index in [2.05, 4.69) is 9.47 Å². The Kier molecular flexibility index (Phi) is 10.8. The molecule has 14 heavy (non-hydrogen) atoms. The molecule has 0 bridgehead atoms.